The molecule has 0 aliphatic carbocycles. The van der Waals surface area contributed by atoms with Gasteiger partial charge in [-0.1, -0.05) is 0 Å². The van der Waals surface area contributed by atoms with Gasteiger partial charge in [0.25, 0.3) is 0 Å². The Hall–Kier alpha value is -1.54. The van der Waals surface area contributed by atoms with Crippen LogP contribution in [0.4, 0.5) is 0 Å². The number of hydrogen-bond donors (Lipinski definition) is 2. The summed E-state index contributed by atoms with van der Waals surface area (Å²) in [6, 6.07) is -1.13. The molecule has 0 saturated heterocycles. The first-order valence-corrected chi connectivity index (χ1v) is 5.40. The lowest BCUT2D eigenvalue weighted by Crippen LogP contribution is -2.32. The van der Waals surface area contributed by atoms with Crippen molar-refractivity contribution >= 4 is 29.7 Å². The van der Waals surface area contributed by atoms with Crippen molar-refractivity contribution in [2.45, 2.75) is 6.04 Å². The molecule has 0 amide bonds. The van der Waals surface area contributed by atoms with E-state index in [1.807, 2.05) is 0 Å². The second kappa shape index (κ2) is 7.69. The van der Waals surface area contributed by atoms with Crippen LogP contribution in [0, 0.1) is 0 Å². The van der Waals surface area contributed by atoms with Crippen LogP contribution in [0.2, 0.25) is 0 Å². The van der Waals surface area contributed by atoms with Crippen molar-refractivity contribution in [1.29, 1.82) is 0 Å². The van der Waals surface area contributed by atoms with E-state index >= 15 is 0 Å². The minimum atomic E-state index is -1.19. The number of methoxy groups -OCH3 is 2. The van der Waals surface area contributed by atoms with Gasteiger partial charge in [-0.2, -0.15) is 0 Å². The SMILES string of the molecule is COC(=O)/C=C(/SCC(N)C(=O)O)C(=O)OC. The van der Waals surface area contributed by atoms with Gasteiger partial charge in [0.1, 0.15) is 6.04 Å². The summed E-state index contributed by atoms with van der Waals surface area (Å²) < 4.78 is 8.77. The molecule has 7 nitrogen and oxygen atoms in total. The zero-order valence-corrected chi connectivity index (χ0v) is 10.2. The molecule has 3 N–H and O–H groups in total. The molecule has 1 atom stereocenters. The molecule has 0 fully saturated rings. The van der Waals surface area contributed by atoms with Gasteiger partial charge in [0.05, 0.1) is 19.1 Å². The van der Waals surface area contributed by atoms with Gasteiger partial charge in [-0.05, 0) is 0 Å². The van der Waals surface area contributed by atoms with Gasteiger partial charge >= 0.3 is 17.9 Å². The van der Waals surface area contributed by atoms with Crippen LogP contribution in [0.1, 0.15) is 0 Å². The predicted octanol–water partition coefficient (Wildman–Crippen LogP) is -0.639. The zero-order valence-electron chi connectivity index (χ0n) is 9.34. The molecule has 96 valence electrons. The molecule has 0 aromatic rings. The van der Waals surface area contributed by atoms with E-state index in [1.165, 1.54) is 0 Å². The highest BCUT2D eigenvalue weighted by atomic mass is 32.2. The van der Waals surface area contributed by atoms with Crippen LogP contribution in [0.3, 0.4) is 0 Å². The summed E-state index contributed by atoms with van der Waals surface area (Å²) in [6.45, 7) is 0. The third-order valence-corrected chi connectivity index (χ3v) is 2.69. The monoisotopic (exact) mass is 263 g/mol. The van der Waals surface area contributed by atoms with E-state index < -0.39 is 23.9 Å². The van der Waals surface area contributed by atoms with Crippen molar-refractivity contribution < 1.29 is 29.0 Å². The number of esters is 2. The van der Waals surface area contributed by atoms with Gasteiger partial charge in [0.2, 0.25) is 0 Å². The first-order chi connectivity index (χ1) is 7.92. The molecule has 0 saturated carbocycles. The third kappa shape index (κ3) is 5.93. The summed E-state index contributed by atoms with van der Waals surface area (Å²) in [6.07, 6.45) is 0.922. The number of hydrogen-bond acceptors (Lipinski definition) is 7. The van der Waals surface area contributed by atoms with Crippen LogP contribution < -0.4 is 5.73 Å². The number of carbonyl (C=O) groups is 3. The highest BCUT2D eigenvalue weighted by Crippen LogP contribution is 2.18. The Balaban J connectivity index is 4.62. The summed E-state index contributed by atoms with van der Waals surface area (Å²) in [5, 5.41) is 8.55. The fourth-order valence-electron chi connectivity index (χ4n) is 0.677. The van der Waals surface area contributed by atoms with Crippen LogP contribution in [-0.4, -0.2) is 49.0 Å². The predicted molar refractivity (Wildman–Crippen MR) is 60.2 cm³/mol. The molecular formula is C9H13NO6S. The van der Waals surface area contributed by atoms with Gasteiger partial charge in [-0.3, -0.25) is 4.79 Å². The molecule has 0 aliphatic heterocycles. The molecule has 0 aromatic carbocycles. The summed E-state index contributed by atoms with van der Waals surface area (Å²) in [7, 11) is 2.30. The van der Waals surface area contributed by atoms with Crippen LogP contribution in [-0.2, 0) is 23.9 Å². The summed E-state index contributed by atoms with van der Waals surface area (Å²) >= 11 is 0.814. The lowest BCUT2D eigenvalue weighted by Gasteiger charge is -2.07. The maximum absolute atomic E-state index is 11.2. The van der Waals surface area contributed by atoms with Crippen molar-refractivity contribution in [1.82, 2.24) is 0 Å². The van der Waals surface area contributed by atoms with Crippen molar-refractivity contribution in [3.63, 3.8) is 0 Å². The van der Waals surface area contributed by atoms with E-state index in [1.54, 1.807) is 0 Å². The molecule has 0 radical (unpaired) electrons. The highest BCUT2D eigenvalue weighted by molar-refractivity contribution is 8.04. The van der Waals surface area contributed by atoms with Gasteiger partial charge in [-0.15, -0.1) is 11.8 Å². The number of nitrogens with two attached hydrogens (primary N) is 1. The molecule has 17 heavy (non-hydrogen) atoms. The average molecular weight is 263 g/mol. The maximum atomic E-state index is 11.2. The Kier molecular flexibility index (Phi) is 6.99. The van der Waals surface area contributed by atoms with Gasteiger partial charge < -0.3 is 20.3 Å². The van der Waals surface area contributed by atoms with E-state index in [-0.39, 0.29) is 10.7 Å². The molecule has 0 heterocycles. The van der Waals surface area contributed by atoms with E-state index in [0.717, 1.165) is 32.1 Å². The van der Waals surface area contributed by atoms with Crippen molar-refractivity contribution in [2.75, 3.05) is 20.0 Å². The maximum Gasteiger partial charge on any atom is 0.344 e. The van der Waals surface area contributed by atoms with Gasteiger partial charge in [-0.25, -0.2) is 9.59 Å². The Labute approximate surface area is 102 Å². The lowest BCUT2D eigenvalue weighted by molar-refractivity contribution is -0.138. The first-order valence-electron chi connectivity index (χ1n) is 4.41. The Morgan fingerprint density at radius 1 is 1.35 bits per heavy atom. The van der Waals surface area contributed by atoms with E-state index in [0.29, 0.717) is 0 Å². The zero-order chi connectivity index (χ0) is 13.4. The van der Waals surface area contributed by atoms with Crippen molar-refractivity contribution in [3.8, 4) is 0 Å². The number of carboxylic acid groups (broad SMARTS) is 1. The van der Waals surface area contributed by atoms with Gasteiger partial charge in [0.15, 0.2) is 0 Å². The average Bonchev–Trinajstić information content (AvgIpc) is 2.32. The first kappa shape index (κ1) is 15.5. The summed E-state index contributed by atoms with van der Waals surface area (Å²) in [4.78, 5) is 32.6. The standard InChI is InChI=1S/C9H13NO6S/c1-15-7(11)3-6(9(14)16-2)17-4-5(10)8(12)13/h3,5H,4,10H2,1-2H3,(H,12,13)/b6-3+. The Morgan fingerprint density at radius 2 is 1.94 bits per heavy atom. The summed E-state index contributed by atoms with van der Waals surface area (Å²) in [5.74, 6) is -2.74. The highest BCUT2D eigenvalue weighted by Gasteiger charge is 2.17. The number of rotatable bonds is 6. The number of ether oxygens (including phenoxy) is 2. The molecule has 0 aliphatic rings. The van der Waals surface area contributed by atoms with Gasteiger partial charge in [0, 0.05) is 11.8 Å². The number of carbonyl (C=O) groups excluding carboxylic acids is 2. The fraction of sp³-hybridized carbons (Fsp3) is 0.444. The van der Waals surface area contributed by atoms with Crippen LogP contribution >= 0.6 is 11.8 Å². The van der Waals surface area contributed by atoms with Crippen molar-refractivity contribution in [3.05, 3.63) is 11.0 Å². The molecule has 8 heteroatoms. The minimum Gasteiger partial charge on any atom is -0.480 e. The number of thioether (sulfide) groups is 1. The largest absolute Gasteiger partial charge is 0.480 e. The minimum absolute atomic E-state index is 0.0592. The fourth-order valence-corrected chi connectivity index (χ4v) is 1.56. The Morgan fingerprint density at radius 3 is 2.35 bits per heavy atom. The van der Waals surface area contributed by atoms with E-state index in [2.05, 4.69) is 9.47 Å². The molecular weight excluding hydrogens is 250 g/mol. The lowest BCUT2D eigenvalue weighted by atomic mass is 10.4. The van der Waals surface area contributed by atoms with Crippen LogP contribution in [0.5, 0.6) is 0 Å². The number of carboxylic acids is 1. The smallest absolute Gasteiger partial charge is 0.344 e. The molecule has 0 bridgehead atoms. The normalized spacial score (nSPS) is 12.8. The number of aliphatic carboxylic acids is 1. The van der Waals surface area contributed by atoms with Crippen LogP contribution in [0.25, 0.3) is 0 Å². The molecule has 1 unspecified atom stereocenters. The molecule has 0 aromatic heterocycles. The summed E-state index contributed by atoms with van der Waals surface area (Å²) in [5.41, 5.74) is 5.25. The third-order valence-electron chi connectivity index (χ3n) is 1.57. The topological polar surface area (TPSA) is 116 Å². The van der Waals surface area contributed by atoms with E-state index in [9.17, 15) is 14.4 Å². The van der Waals surface area contributed by atoms with Crippen molar-refractivity contribution in [2.24, 2.45) is 5.73 Å². The molecule has 0 spiro atoms. The molecule has 0 rings (SSSR count). The quantitative estimate of drug-likeness (QED) is 0.480. The second-order valence-corrected chi connectivity index (χ2v) is 3.84. The Bertz CT molecular complexity index is 340. The van der Waals surface area contributed by atoms with Crippen LogP contribution in [0.15, 0.2) is 11.0 Å². The van der Waals surface area contributed by atoms with E-state index in [4.69, 9.17) is 10.8 Å². The second-order valence-electron chi connectivity index (χ2n) is 2.78.